The summed E-state index contributed by atoms with van der Waals surface area (Å²) in [5.74, 6) is 0. The highest BCUT2D eigenvalue weighted by Gasteiger charge is 2.07. The molecule has 3 aromatic carbocycles. The zero-order valence-electron chi connectivity index (χ0n) is 9.27. The van der Waals surface area contributed by atoms with Crippen molar-refractivity contribution >= 4 is 38.6 Å². The Balaban J connectivity index is 2.52. The predicted octanol–water partition coefficient (Wildman–Crippen LogP) is 2.74. The van der Waals surface area contributed by atoms with Gasteiger partial charge in [0.1, 0.15) is 0 Å². The van der Waals surface area contributed by atoms with E-state index in [9.17, 15) is 0 Å². The molecule has 0 bridgehead atoms. The number of nitrogen functional groups attached to an aromatic ring is 3. The molecule has 0 saturated heterocycles. The van der Waals surface area contributed by atoms with Gasteiger partial charge in [-0.05, 0) is 34.4 Å². The first-order valence-corrected chi connectivity index (χ1v) is 5.43. The smallest absolute Gasteiger partial charge is 0.0787 e. The van der Waals surface area contributed by atoms with E-state index in [1.54, 1.807) is 0 Å². The van der Waals surface area contributed by atoms with Gasteiger partial charge in [0.05, 0.1) is 17.1 Å². The van der Waals surface area contributed by atoms with Crippen LogP contribution >= 0.6 is 0 Å². The van der Waals surface area contributed by atoms with E-state index < -0.39 is 0 Å². The van der Waals surface area contributed by atoms with Crippen LogP contribution in [0, 0.1) is 0 Å². The fourth-order valence-electron chi connectivity index (χ4n) is 2.16. The molecule has 0 saturated carbocycles. The molecule has 3 heteroatoms. The van der Waals surface area contributed by atoms with Crippen LogP contribution in [0.2, 0.25) is 0 Å². The van der Waals surface area contributed by atoms with Crippen molar-refractivity contribution in [1.82, 2.24) is 0 Å². The molecule has 3 rings (SSSR count). The Morgan fingerprint density at radius 3 is 2.00 bits per heavy atom. The standard InChI is InChI=1S/C14H13N3/c15-12-7-10-5-8-3-1-2-4-9(8)6-11(10)13(16)14(12)17/h1-7H,15-17H2. The molecule has 6 N–H and O–H groups in total. The third-order valence-corrected chi connectivity index (χ3v) is 3.12. The highest BCUT2D eigenvalue weighted by molar-refractivity contribution is 6.08. The average molecular weight is 223 g/mol. The third-order valence-electron chi connectivity index (χ3n) is 3.12. The molecular weight excluding hydrogens is 210 g/mol. The second-order valence-corrected chi connectivity index (χ2v) is 4.21. The van der Waals surface area contributed by atoms with Crippen molar-refractivity contribution in [3.8, 4) is 0 Å². The molecule has 3 aromatic rings. The molecule has 0 atom stereocenters. The van der Waals surface area contributed by atoms with Gasteiger partial charge in [-0.25, -0.2) is 0 Å². The Bertz CT molecular complexity index is 732. The van der Waals surface area contributed by atoms with Crippen LogP contribution in [0.15, 0.2) is 42.5 Å². The van der Waals surface area contributed by atoms with Crippen LogP contribution in [0.4, 0.5) is 17.1 Å². The molecule has 0 heterocycles. The average Bonchev–Trinajstić information content (AvgIpc) is 2.34. The van der Waals surface area contributed by atoms with Crippen LogP contribution in [0.3, 0.4) is 0 Å². The summed E-state index contributed by atoms with van der Waals surface area (Å²) in [5.41, 5.74) is 19.2. The summed E-state index contributed by atoms with van der Waals surface area (Å²) in [6.07, 6.45) is 0. The monoisotopic (exact) mass is 223 g/mol. The lowest BCUT2D eigenvalue weighted by Crippen LogP contribution is -2.00. The van der Waals surface area contributed by atoms with Gasteiger partial charge in [0.2, 0.25) is 0 Å². The van der Waals surface area contributed by atoms with Gasteiger partial charge in [0, 0.05) is 5.39 Å². The Hall–Kier alpha value is -2.42. The van der Waals surface area contributed by atoms with Gasteiger partial charge in [0.15, 0.2) is 0 Å². The highest BCUT2D eigenvalue weighted by Crippen LogP contribution is 2.34. The zero-order valence-corrected chi connectivity index (χ0v) is 9.27. The quantitative estimate of drug-likeness (QED) is 0.405. The summed E-state index contributed by atoms with van der Waals surface area (Å²) in [5, 5.41) is 4.29. The van der Waals surface area contributed by atoms with E-state index in [2.05, 4.69) is 24.3 Å². The van der Waals surface area contributed by atoms with Crippen LogP contribution in [0.25, 0.3) is 21.5 Å². The number of benzene rings is 3. The van der Waals surface area contributed by atoms with E-state index in [1.807, 2.05) is 18.2 Å². The van der Waals surface area contributed by atoms with Crippen LogP contribution in [0.5, 0.6) is 0 Å². The first kappa shape index (κ1) is 9.78. The van der Waals surface area contributed by atoms with Gasteiger partial charge < -0.3 is 17.2 Å². The highest BCUT2D eigenvalue weighted by atomic mass is 14.7. The summed E-state index contributed by atoms with van der Waals surface area (Å²) >= 11 is 0. The topological polar surface area (TPSA) is 78.1 Å². The van der Waals surface area contributed by atoms with Crippen molar-refractivity contribution in [2.45, 2.75) is 0 Å². The van der Waals surface area contributed by atoms with Gasteiger partial charge in [-0.2, -0.15) is 0 Å². The maximum atomic E-state index is 6.01. The van der Waals surface area contributed by atoms with Crippen LogP contribution in [-0.4, -0.2) is 0 Å². The summed E-state index contributed by atoms with van der Waals surface area (Å²) in [6.45, 7) is 0. The lowest BCUT2D eigenvalue weighted by molar-refractivity contribution is 1.70. The largest absolute Gasteiger partial charge is 0.397 e. The number of nitrogens with two attached hydrogens (primary N) is 3. The van der Waals surface area contributed by atoms with Crippen molar-refractivity contribution in [3.05, 3.63) is 42.5 Å². The van der Waals surface area contributed by atoms with E-state index in [0.717, 1.165) is 16.2 Å². The fraction of sp³-hybridized carbons (Fsp3) is 0. The number of anilines is 3. The normalized spacial score (nSPS) is 11.1. The lowest BCUT2D eigenvalue weighted by Gasteiger charge is -2.10. The molecule has 0 radical (unpaired) electrons. The molecule has 0 aliphatic heterocycles. The molecule has 0 fully saturated rings. The minimum Gasteiger partial charge on any atom is -0.397 e. The first-order chi connectivity index (χ1) is 8.16. The predicted molar refractivity (Wildman–Crippen MR) is 74.7 cm³/mol. The Labute approximate surface area is 98.8 Å². The summed E-state index contributed by atoms with van der Waals surface area (Å²) in [6, 6.07) is 14.1. The van der Waals surface area contributed by atoms with Crippen molar-refractivity contribution < 1.29 is 0 Å². The second-order valence-electron chi connectivity index (χ2n) is 4.21. The van der Waals surface area contributed by atoms with Crippen molar-refractivity contribution in [3.63, 3.8) is 0 Å². The maximum Gasteiger partial charge on any atom is 0.0787 e. The first-order valence-electron chi connectivity index (χ1n) is 5.43. The molecule has 0 amide bonds. The molecule has 17 heavy (non-hydrogen) atoms. The number of hydrogen-bond acceptors (Lipinski definition) is 3. The van der Waals surface area contributed by atoms with E-state index in [1.165, 1.54) is 5.39 Å². The van der Waals surface area contributed by atoms with Crippen molar-refractivity contribution in [2.24, 2.45) is 0 Å². The van der Waals surface area contributed by atoms with Gasteiger partial charge in [-0.15, -0.1) is 0 Å². The van der Waals surface area contributed by atoms with Crippen LogP contribution in [-0.2, 0) is 0 Å². The number of rotatable bonds is 0. The molecule has 0 aromatic heterocycles. The molecule has 3 nitrogen and oxygen atoms in total. The fourth-order valence-corrected chi connectivity index (χ4v) is 2.16. The minimum absolute atomic E-state index is 0.466. The van der Waals surface area contributed by atoms with Crippen molar-refractivity contribution in [2.75, 3.05) is 17.2 Å². The maximum absolute atomic E-state index is 6.01. The second kappa shape index (κ2) is 3.28. The molecule has 84 valence electrons. The number of hydrogen-bond donors (Lipinski definition) is 3. The Kier molecular flexibility index (Phi) is 1.89. The molecule has 0 spiro atoms. The Morgan fingerprint density at radius 1 is 0.647 bits per heavy atom. The summed E-state index contributed by atoms with van der Waals surface area (Å²) in [7, 11) is 0. The van der Waals surface area contributed by atoms with E-state index in [0.29, 0.717) is 17.1 Å². The van der Waals surface area contributed by atoms with E-state index in [-0.39, 0.29) is 0 Å². The summed E-state index contributed by atoms with van der Waals surface area (Å²) in [4.78, 5) is 0. The number of fused-ring (bicyclic) bond motifs is 2. The van der Waals surface area contributed by atoms with Crippen LogP contribution in [0.1, 0.15) is 0 Å². The third kappa shape index (κ3) is 1.36. The van der Waals surface area contributed by atoms with E-state index >= 15 is 0 Å². The molecular formula is C14H13N3. The SMILES string of the molecule is Nc1cc2cc3ccccc3cc2c(N)c1N. The minimum atomic E-state index is 0.466. The Morgan fingerprint density at radius 2 is 1.29 bits per heavy atom. The zero-order chi connectivity index (χ0) is 12.0. The summed E-state index contributed by atoms with van der Waals surface area (Å²) < 4.78 is 0. The van der Waals surface area contributed by atoms with Crippen LogP contribution < -0.4 is 17.2 Å². The van der Waals surface area contributed by atoms with Gasteiger partial charge in [-0.3, -0.25) is 0 Å². The van der Waals surface area contributed by atoms with Gasteiger partial charge in [-0.1, -0.05) is 24.3 Å². The lowest BCUT2D eigenvalue weighted by atomic mass is 10.0. The molecule has 0 aliphatic rings. The van der Waals surface area contributed by atoms with E-state index in [4.69, 9.17) is 17.2 Å². The van der Waals surface area contributed by atoms with Gasteiger partial charge in [0.25, 0.3) is 0 Å². The van der Waals surface area contributed by atoms with Crippen molar-refractivity contribution in [1.29, 1.82) is 0 Å². The van der Waals surface area contributed by atoms with Gasteiger partial charge >= 0.3 is 0 Å². The molecule has 0 aliphatic carbocycles. The molecule has 0 unspecified atom stereocenters.